The van der Waals surface area contributed by atoms with Gasteiger partial charge in [-0.05, 0) is 31.2 Å². The Bertz CT molecular complexity index is 450. The third-order valence-corrected chi connectivity index (χ3v) is 5.88. The van der Waals surface area contributed by atoms with E-state index in [1.807, 2.05) is 0 Å². The van der Waals surface area contributed by atoms with E-state index >= 15 is 0 Å². The Balaban J connectivity index is 1.51. The summed E-state index contributed by atoms with van der Waals surface area (Å²) in [6.07, 6.45) is 3.65. The predicted octanol–water partition coefficient (Wildman–Crippen LogP) is -0.422. The van der Waals surface area contributed by atoms with Gasteiger partial charge in [0, 0.05) is 38.8 Å². The van der Waals surface area contributed by atoms with Crippen LogP contribution >= 0.6 is 0 Å². The number of ether oxygens (including phenoxy) is 1. The zero-order valence-corrected chi connectivity index (χ0v) is 13.6. The zero-order valence-electron chi connectivity index (χ0n) is 12.8. The number of morpholine rings is 1. The minimum atomic E-state index is -3.08. The Morgan fingerprint density at radius 3 is 2.62 bits per heavy atom. The van der Waals surface area contributed by atoms with Crippen molar-refractivity contribution in [3.05, 3.63) is 0 Å². The van der Waals surface area contributed by atoms with Gasteiger partial charge in [-0.1, -0.05) is 0 Å². The summed E-state index contributed by atoms with van der Waals surface area (Å²) in [5.41, 5.74) is 0. The van der Waals surface area contributed by atoms with E-state index in [2.05, 4.69) is 14.5 Å². The number of nitrogens with one attached hydrogen (secondary N) is 1. The van der Waals surface area contributed by atoms with E-state index in [1.165, 1.54) is 19.2 Å². The fourth-order valence-corrected chi connectivity index (χ4v) is 4.53. The molecule has 0 radical (unpaired) electrons. The van der Waals surface area contributed by atoms with Crippen molar-refractivity contribution in [3.8, 4) is 0 Å². The van der Waals surface area contributed by atoms with Crippen molar-refractivity contribution in [1.29, 1.82) is 0 Å². The van der Waals surface area contributed by atoms with Crippen molar-refractivity contribution in [1.82, 2.24) is 14.5 Å². The van der Waals surface area contributed by atoms with Gasteiger partial charge < -0.3 is 4.74 Å². The summed E-state index contributed by atoms with van der Waals surface area (Å²) < 4.78 is 30.6. The molecule has 4 atom stereocenters. The molecule has 4 aliphatic heterocycles. The van der Waals surface area contributed by atoms with Crippen LogP contribution in [0.25, 0.3) is 0 Å². The van der Waals surface area contributed by atoms with Crippen molar-refractivity contribution in [3.63, 3.8) is 0 Å². The molecule has 1 N–H and O–H groups in total. The molecule has 122 valence electrons. The normalized spacial score (nSPS) is 37.8. The maximum atomic E-state index is 11.3. The molecule has 2 bridgehead atoms. The summed E-state index contributed by atoms with van der Waals surface area (Å²) in [5, 5.41) is 0. The van der Waals surface area contributed by atoms with E-state index in [-0.39, 0.29) is 0 Å². The fraction of sp³-hybridized carbons (Fsp3) is 1.00. The molecule has 0 aliphatic carbocycles. The molecule has 4 heterocycles. The van der Waals surface area contributed by atoms with Crippen LogP contribution < -0.4 is 4.72 Å². The van der Waals surface area contributed by atoms with Gasteiger partial charge in [0.2, 0.25) is 10.0 Å². The van der Waals surface area contributed by atoms with Crippen LogP contribution in [0.1, 0.15) is 12.8 Å². The molecule has 0 spiro atoms. The van der Waals surface area contributed by atoms with Crippen LogP contribution in [0.4, 0.5) is 0 Å². The van der Waals surface area contributed by atoms with Gasteiger partial charge in [0.05, 0.1) is 19.5 Å². The van der Waals surface area contributed by atoms with E-state index in [4.69, 9.17) is 4.74 Å². The van der Waals surface area contributed by atoms with Gasteiger partial charge in [-0.2, -0.15) is 0 Å². The Morgan fingerprint density at radius 2 is 2.00 bits per heavy atom. The molecular formula is C14H27N3O3S. The number of hydrogen-bond acceptors (Lipinski definition) is 5. The summed E-state index contributed by atoms with van der Waals surface area (Å²) >= 11 is 0. The van der Waals surface area contributed by atoms with Crippen LogP contribution in [0.15, 0.2) is 0 Å². The molecule has 21 heavy (non-hydrogen) atoms. The van der Waals surface area contributed by atoms with Crippen molar-refractivity contribution in [2.75, 3.05) is 58.7 Å². The first kappa shape index (κ1) is 15.7. The summed E-state index contributed by atoms with van der Waals surface area (Å²) in [5.74, 6) is 1.50. The summed E-state index contributed by atoms with van der Waals surface area (Å²) in [6.45, 7) is 7.84. The second kappa shape index (κ2) is 6.50. The maximum Gasteiger partial charge on any atom is 0.208 e. The second-order valence-corrected chi connectivity index (χ2v) is 8.56. The van der Waals surface area contributed by atoms with E-state index in [1.54, 1.807) is 0 Å². The Labute approximate surface area is 127 Å². The average molecular weight is 317 g/mol. The molecule has 6 nitrogen and oxygen atoms in total. The number of rotatable bonds is 5. The highest BCUT2D eigenvalue weighted by atomic mass is 32.2. The van der Waals surface area contributed by atoms with Gasteiger partial charge in [0.25, 0.3) is 0 Å². The van der Waals surface area contributed by atoms with E-state index < -0.39 is 10.0 Å². The lowest BCUT2D eigenvalue weighted by molar-refractivity contribution is -0.0285. The monoisotopic (exact) mass is 317 g/mol. The van der Waals surface area contributed by atoms with Gasteiger partial charge in [0.15, 0.2) is 0 Å². The fourth-order valence-electron chi connectivity index (χ4n) is 4.03. The SMILES string of the molecule is CS(=O)(=O)NC[C@H]1C[C@@H]2CCN1C[C@@H]2CN1CCOCC1. The van der Waals surface area contributed by atoms with Gasteiger partial charge in [-0.15, -0.1) is 0 Å². The predicted molar refractivity (Wildman–Crippen MR) is 81.7 cm³/mol. The minimum absolute atomic E-state index is 0.388. The quantitative estimate of drug-likeness (QED) is 0.746. The molecule has 0 saturated carbocycles. The van der Waals surface area contributed by atoms with Crippen LogP contribution in [-0.2, 0) is 14.8 Å². The molecule has 4 saturated heterocycles. The largest absolute Gasteiger partial charge is 0.379 e. The molecule has 4 fully saturated rings. The average Bonchev–Trinajstić information content (AvgIpc) is 2.46. The van der Waals surface area contributed by atoms with Gasteiger partial charge in [-0.25, -0.2) is 13.1 Å². The van der Waals surface area contributed by atoms with Crippen LogP contribution in [0.5, 0.6) is 0 Å². The van der Waals surface area contributed by atoms with Crippen molar-refractivity contribution < 1.29 is 13.2 Å². The highest BCUT2D eigenvalue weighted by Crippen LogP contribution is 2.36. The molecule has 4 rings (SSSR count). The first-order valence-corrected chi connectivity index (χ1v) is 9.89. The number of hydrogen-bond donors (Lipinski definition) is 1. The van der Waals surface area contributed by atoms with Crippen LogP contribution in [0.2, 0.25) is 0 Å². The van der Waals surface area contributed by atoms with Crippen molar-refractivity contribution in [2.45, 2.75) is 18.9 Å². The third-order valence-electron chi connectivity index (χ3n) is 5.19. The highest BCUT2D eigenvalue weighted by molar-refractivity contribution is 7.88. The number of nitrogens with zero attached hydrogens (tertiary/aromatic N) is 2. The molecule has 0 amide bonds. The standard InChI is InChI=1S/C14H27N3O3S/c1-21(18,19)15-9-14-8-12-2-3-17(14)11-13(12)10-16-4-6-20-7-5-16/h12-15H,2-11H2,1H3/t12-,13-,14+/m0/s1. The van der Waals surface area contributed by atoms with Crippen LogP contribution in [-0.4, -0.2) is 83.0 Å². The number of piperidine rings is 3. The van der Waals surface area contributed by atoms with Crippen molar-refractivity contribution in [2.24, 2.45) is 11.8 Å². The summed E-state index contributed by atoms with van der Waals surface area (Å²) in [6, 6.07) is 0.388. The molecule has 4 aliphatic rings. The lowest BCUT2D eigenvalue weighted by atomic mass is 9.75. The lowest BCUT2D eigenvalue weighted by Gasteiger charge is -2.51. The van der Waals surface area contributed by atoms with E-state index in [9.17, 15) is 8.42 Å². The van der Waals surface area contributed by atoms with Crippen molar-refractivity contribution >= 4 is 10.0 Å². The van der Waals surface area contributed by atoms with Crippen LogP contribution in [0, 0.1) is 11.8 Å². The number of fused-ring (bicyclic) bond motifs is 3. The molecule has 7 heteroatoms. The van der Waals surface area contributed by atoms with Gasteiger partial charge >= 0.3 is 0 Å². The van der Waals surface area contributed by atoms with Gasteiger partial charge in [-0.3, -0.25) is 9.80 Å². The smallest absolute Gasteiger partial charge is 0.208 e. The van der Waals surface area contributed by atoms with E-state index in [0.717, 1.165) is 57.6 Å². The first-order chi connectivity index (χ1) is 10.0. The Kier molecular flexibility index (Phi) is 4.85. The Morgan fingerprint density at radius 1 is 1.24 bits per heavy atom. The molecule has 0 aromatic carbocycles. The zero-order chi connectivity index (χ0) is 14.9. The molecular weight excluding hydrogens is 290 g/mol. The summed E-state index contributed by atoms with van der Waals surface area (Å²) in [7, 11) is -3.08. The second-order valence-electron chi connectivity index (χ2n) is 6.73. The topological polar surface area (TPSA) is 61.9 Å². The van der Waals surface area contributed by atoms with E-state index in [0.29, 0.717) is 12.6 Å². The maximum absolute atomic E-state index is 11.3. The molecule has 0 aromatic rings. The van der Waals surface area contributed by atoms with Gasteiger partial charge in [0.1, 0.15) is 0 Å². The minimum Gasteiger partial charge on any atom is -0.379 e. The highest BCUT2D eigenvalue weighted by Gasteiger charge is 2.40. The number of sulfonamides is 1. The summed E-state index contributed by atoms with van der Waals surface area (Å²) in [4.78, 5) is 5.02. The lowest BCUT2D eigenvalue weighted by Crippen LogP contribution is -2.58. The first-order valence-electron chi connectivity index (χ1n) is 8.00. The molecule has 0 aromatic heterocycles. The van der Waals surface area contributed by atoms with Crippen LogP contribution in [0.3, 0.4) is 0 Å². The Hall–Kier alpha value is -0.210. The third kappa shape index (κ3) is 4.16. The molecule has 1 unspecified atom stereocenters.